The molecule has 5 unspecified atom stereocenters. The highest BCUT2D eigenvalue weighted by molar-refractivity contribution is 6.30. The van der Waals surface area contributed by atoms with Crippen LogP contribution in [0.15, 0.2) is 66.7 Å². The van der Waals surface area contributed by atoms with Gasteiger partial charge < -0.3 is 19.4 Å². The molecule has 3 N–H and O–H groups in total. The summed E-state index contributed by atoms with van der Waals surface area (Å²) in [5, 5.41) is 3.22. The first-order valence-electron chi connectivity index (χ1n) is 17.7. The number of anilines is 1. The maximum Gasteiger partial charge on any atom is 0.227 e. The van der Waals surface area contributed by atoms with Crippen LogP contribution in [0.25, 0.3) is 22.3 Å². The molecule has 0 radical (unpaired) electrons. The Morgan fingerprint density at radius 3 is 2.62 bits per heavy atom. The fourth-order valence-electron chi connectivity index (χ4n) is 7.52. The number of nitrogens with zero attached hydrogens (tertiary/aromatic N) is 3. The normalized spacial score (nSPS) is 23.8. The Morgan fingerprint density at radius 1 is 1.00 bits per heavy atom. The van der Waals surface area contributed by atoms with Crippen molar-refractivity contribution in [3.63, 3.8) is 0 Å². The number of alkyl halides is 1. The van der Waals surface area contributed by atoms with Crippen molar-refractivity contribution in [3.05, 3.63) is 106 Å². The number of hydrazine groups is 1. The smallest absolute Gasteiger partial charge is 0.227 e. The second-order valence-electron chi connectivity index (χ2n) is 14.0. The van der Waals surface area contributed by atoms with Gasteiger partial charge in [0.15, 0.2) is 0 Å². The first kappa shape index (κ1) is 35.5. The van der Waals surface area contributed by atoms with Gasteiger partial charge in [-0.3, -0.25) is 15.6 Å². The summed E-state index contributed by atoms with van der Waals surface area (Å²) in [6, 6.07) is 16.2. The molecule has 5 aromatic rings. The molecule has 1 amide bonds. The summed E-state index contributed by atoms with van der Waals surface area (Å²) in [6.07, 6.45) is 0.373. The van der Waals surface area contributed by atoms with E-state index in [1.165, 1.54) is 18.2 Å². The maximum atomic E-state index is 15.8. The number of hydrogen-bond acceptors (Lipinski definition) is 7. The molecular formula is C39H37ClF4N6O3. The van der Waals surface area contributed by atoms with Crippen LogP contribution in [0.2, 0.25) is 5.02 Å². The van der Waals surface area contributed by atoms with Crippen LogP contribution in [0.5, 0.6) is 5.88 Å². The van der Waals surface area contributed by atoms with Crippen LogP contribution in [0.1, 0.15) is 43.1 Å². The average Bonchev–Trinajstić information content (AvgIpc) is 3.66. The van der Waals surface area contributed by atoms with Gasteiger partial charge in [0, 0.05) is 52.9 Å². The predicted octanol–water partition coefficient (Wildman–Crippen LogP) is 7.30. The zero-order chi connectivity index (χ0) is 36.8. The molecule has 0 spiro atoms. The van der Waals surface area contributed by atoms with Crippen LogP contribution in [-0.4, -0.2) is 51.4 Å². The third-order valence-electron chi connectivity index (χ3n) is 10.6. The third kappa shape index (κ3) is 7.35. The molecule has 2 saturated heterocycles. The first-order chi connectivity index (χ1) is 25.6. The van der Waals surface area contributed by atoms with Gasteiger partial charge in [0.25, 0.3) is 0 Å². The van der Waals surface area contributed by atoms with E-state index in [1.807, 2.05) is 17.6 Å². The Labute approximate surface area is 308 Å². The Kier molecular flexibility index (Phi) is 9.83. The molecule has 9 nitrogen and oxygen atoms in total. The van der Waals surface area contributed by atoms with Gasteiger partial charge in [-0.05, 0) is 86.2 Å². The van der Waals surface area contributed by atoms with Crippen LogP contribution in [0, 0.1) is 29.3 Å². The number of amides is 1. The van der Waals surface area contributed by atoms with Crippen molar-refractivity contribution in [2.24, 2.45) is 11.8 Å². The van der Waals surface area contributed by atoms with E-state index in [4.69, 9.17) is 26.1 Å². The van der Waals surface area contributed by atoms with Gasteiger partial charge in [-0.2, -0.15) is 0 Å². The zero-order valence-electron chi connectivity index (χ0n) is 28.7. The van der Waals surface area contributed by atoms with Crippen LogP contribution in [0.3, 0.4) is 0 Å². The highest BCUT2D eigenvalue weighted by Gasteiger charge is 2.46. The summed E-state index contributed by atoms with van der Waals surface area (Å²) in [7, 11) is 0. The van der Waals surface area contributed by atoms with Gasteiger partial charge in [0.1, 0.15) is 36.1 Å². The molecule has 1 aliphatic carbocycles. The molecular weight excluding hydrogens is 712 g/mol. The van der Waals surface area contributed by atoms with Crippen LogP contribution >= 0.6 is 11.6 Å². The lowest BCUT2D eigenvalue weighted by molar-refractivity contribution is -0.122. The van der Waals surface area contributed by atoms with E-state index < -0.39 is 29.5 Å². The number of halogens is 5. The van der Waals surface area contributed by atoms with Crippen LogP contribution in [0.4, 0.5) is 23.2 Å². The quantitative estimate of drug-likeness (QED) is 0.129. The minimum absolute atomic E-state index is 0.0107. The summed E-state index contributed by atoms with van der Waals surface area (Å²) < 4.78 is 73.9. The molecule has 1 saturated carbocycles. The minimum Gasteiger partial charge on any atom is -0.473 e. The molecule has 276 valence electrons. The van der Waals surface area contributed by atoms with E-state index >= 15 is 8.78 Å². The topological polar surface area (TPSA) is 102 Å². The molecule has 14 heteroatoms. The Bertz CT molecular complexity index is 2180. The van der Waals surface area contributed by atoms with Crippen molar-refractivity contribution in [2.45, 2.75) is 70.1 Å². The molecule has 3 aliphatic rings. The number of aromatic nitrogens is 3. The first-order valence-corrected chi connectivity index (χ1v) is 18.1. The van der Waals surface area contributed by atoms with Crippen molar-refractivity contribution < 1.29 is 31.8 Å². The number of ether oxygens (including phenoxy) is 2. The monoisotopic (exact) mass is 748 g/mol. The summed E-state index contributed by atoms with van der Waals surface area (Å²) in [6.45, 7) is 2.97. The number of benzene rings is 3. The second kappa shape index (κ2) is 14.7. The van der Waals surface area contributed by atoms with Gasteiger partial charge in [-0.15, -0.1) is 0 Å². The number of hydrogen-bond donors (Lipinski definition) is 3. The Morgan fingerprint density at radius 2 is 1.83 bits per heavy atom. The maximum absolute atomic E-state index is 15.8. The molecule has 3 fully saturated rings. The number of carbonyl (C=O) groups excluding carboxylic acids is 1. The highest BCUT2D eigenvalue weighted by Crippen LogP contribution is 2.37. The van der Waals surface area contributed by atoms with Crippen LogP contribution < -0.4 is 20.9 Å². The number of carbonyl (C=O) groups is 1. The summed E-state index contributed by atoms with van der Waals surface area (Å²) in [5.74, 6) is -1.96. The van der Waals surface area contributed by atoms with Crippen molar-refractivity contribution >= 4 is 34.2 Å². The standard InChI is InChI=1S/C39H37ClF4N6O3/c1-20-27-11-23(13-32(44)38(27)49-48-20)39(51)45-25-7-8-35-34(16-25)46-36(50(35)18-26-9-10-52-26)14-22-12-31(43)28(17-30(22)42)33-3-2-4-37(47-33)53-19-21-5-6-24(40)15-29(21)41/h2-8,12,15-17,20,23,26-27,32,38,48-49H,9-11,13-14,18-19H2,1H3,(H,45,51)/t20?,23?,26-,27?,32?,38?/m0/s1. The van der Waals surface area contributed by atoms with E-state index in [1.54, 1.807) is 30.3 Å². The lowest BCUT2D eigenvalue weighted by Gasteiger charge is -2.34. The van der Waals surface area contributed by atoms with Crippen molar-refractivity contribution in [1.29, 1.82) is 0 Å². The summed E-state index contributed by atoms with van der Waals surface area (Å²) in [4.78, 5) is 22.5. The molecule has 3 aromatic carbocycles. The van der Waals surface area contributed by atoms with E-state index in [2.05, 4.69) is 21.2 Å². The SMILES string of the molecule is CC1NNC2C(F)CC(C(=O)Nc3ccc4c(c3)nc(Cc3cc(F)c(-c5cccc(OCc6ccc(Cl)cc6F)n5)cc3F)n4C[C@@H]3CCO3)CC12. The summed E-state index contributed by atoms with van der Waals surface area (Å²) in [5.41, 5.74) is 8.41. The van der Waals surface area contributed by atoms with Gasteiger partial charge >= 0.3 is 0 Å². The van der Waals surface area contributed by atoms with Crippen molar-refractivity contribution in [1.82, 2.24) is 25.4 Å². The average molecular weight is 749 g/mol. The number of fused-ring (bicyclic) bond motifs is 2. The molecule has 2 aliphatic heterocycles. The molecule has 8 rings (SSSR count). The van der Waals surface area contributed by atoms with Crippen molar-refractivity contribution in [2.75, 3.05) is 11.9 Å². The molecule has 4 heterocycles. The highest BCUT2D eigenvalue weighted by atomic mass is 35.5. The van der Waals surface area contributed by atoms with E-state index in [0.29, 0.717) is 36.6 Å². The third-order valence-corrected chi connectivity index (χ3v) is 10.8. The van der Waals surface area contributed by atoms with Crippen LogP contribution in [-0.2, 0) is 29.1 Å². The Hall–Kier alpha value is -4.56. The summed E-state index contributed by atoms with van der Waals surface area (Å²) >= 11 is 5.83. The Balaban J connectivity index is 1.01. The fraction of sp³-hybridized carbons (Fsp3) is 0.359. The van der Waals surface area contributed by atoms with Gasteiger partial charge in [0.05, 0.1) is 35.4 Å². The lowest BCUT2D eigenvalue weighted by atomic mass is 9.75. The molecule has 2 aromatic heterocycles. The van der Waals surface area contributed by atoms with E-state index in [0.717, 1.165) is 24.1 Å². The van der Waals surface area contributed by atoms with E-state index in [-0.39, 0.29) is 82.7 Å². The fourth-order valence-corrected chi connectivity index (χ4v) is 7.68. The van der Waals surface area contributed by atoms with Gasteiger partial charge in [-0.25, -0.2) is 27.5 Å². The predicted molar refractivity (Wildman–Crippen MR) is 191 cm³/mol. The minimum atomic E-state index is -1.14. The number of nitrogens with one attached hydrogen (secondary N) is 3. The largest absolute Gasteiger partial charge is 0.473 e. The second-order valence-corrected chi connectivity index (χ2v) is 14.5. The number of imidazole rings is 1. The van der Waals surface area contributed by atoms with Crippen molar-refractivity contribution in [3.8, 4) is 17.1 Å². The zero-order valence-corrected chi connectivity index (χ0v) is 29.5. The van der Waals surface area contributed by atoms with E-state index in [9.17, 15) is 13.6 Å². The number of pyridine rings is 1. The lowest BCUT2D eigenvalue weighted by Crippen LogP contribution is -2.46. The molecule has 6 atom stereocenters. The molecule has 0 bridgehead atoms. The van der Waals surface area contributed by atoms with Gasteiger partial charge in [-0.1, -0.05) is 23.7 Å². The van der Waals surface area contributed by atoms with Gasteiger partial charge in [0.2, 0.25) is 11.8 Å². The number of rotatable bonds is 10. The molecule has 53 heavy (non-hydrogen) atoms.